The van der Waals surface area contributed by atoms with Gasteiger partial charge in [0.05, 0.1) is 0 Å². The summed E-state index contributed by atoms with van der Waals surface area (Å²) in [6.07, 6.45) is 18.0. The summed E-state index contributed by atoms with van der Waals surface area (Å²) in [7, 11) is 0. The molecule has 0 aromatic heterocycles. The van der Waals surface area contributed by atoms with E-state index >= 15 is 0 Å². The Kier molecular flexibility index (Phi) is 3.69. The zero-order valence-corrected chi connectivity index (χ0v) is 6.29. The van der Waals surface area contributed by atoms with Crippen LogP contribution in [0, 0.1) is 0 Å². The molecule has 0 nitrogen and oxygen atoms in total. The summed E-state index contributed by atoms with van der Waals surface area (Å²) >= 11 is 0. The van der Waals surface area contributed by atoms with E-state index in [2.05, 4.69) is 36.5 Å². The lowest BCUT2D eigenvalue weighted by molar-refractivity contribution is 0.998. The van der Waals surface area contributed by atoms with Gasteiger partial charge in [-0.2, -0.15) is 0 Å². The zero-order valence-electron chi connectivity index (χ0n) is 6.29. The molecule has 0 unspecified atom stereocenters. The van der Waals surface area contributed by atoms with Crippen molar-refractivity contribution in [1.29, 1.82) is 0 Å². The number of hydrogen-bond donors (Lipinski definition) is 0. The summed E-state index contributed by atoms with van der Waals surface area (Å²) in [5.41, 5.74) is 0. The largest absolute Gasteiger partial charge is 0.0882 e. The van der Waals surface area contributed by atoms with Crippen LogP contribution >= 0.6 is 0 Å². The maximum absolute atomic E-state index is 2.27. The molecule has 0 aliphatic heterocycles. The molecule has 0 amide bonds. The van der Waals surface area contributed by atoms with Gasteiger partial charge in [0.25, 0.3) is 0 Å². The van der Waals surface area contributed by atoms with Crippen LogP contribution in [-0.4, -0.2) is 0 Å². The first-order chi connectivity index (χ1) is 5.00. The van der Waals surface area contributed by atoms with Crippen molar-refractivity contribution in [2.75, 3.05) is 0 Å². The van der Waals surface area contributed by atoms with Crippen LogP contribution in [0.2, 0.25) is 0 Å². The lowest BCUT2D eigenvalue weighted by Gasteiger charge is -1.90. The Morgan fingerprint density at radius 1 is 0.500 bits per heavy atom. The summed E-state index contributed by atoms with van der Waals surface area (Å²) < 4.78 is 0. The van der Waals surface area contributed by atoms with Crippen LogP contribution in [0.5, 0.6) is 0 Å². The highest BCUT2D eigenvalue weighted by Crippen LogP contribution is 2.00. The van der Waals surface area contributed by atoms with E-state index in [1.54, 1.807) is 0 Å². The van der Waals surface area contributed by atoms with Gasteiger partial charge in [-0.05, 0) is 25.7 Å². The van der Waals surface area contributed by atoms with Gasteiger partial charge in [0.2, 0.25) is 0 Å². The van der Waals surface area contributed by atoms with Gasteiger partial charge >= 0.3 is 0 Å². The Hall–Kier alpha value is -0.780. The lowest BCUT2D eigenvalue weighted by atomic mass is 10.2. The Morgan fingerprint density at radius 2 is 0.900 bits per heavy atom. The van der Waals surface area contributed by atoms with Crippen molar-refractivity contribution in [2.45, 2.75) is 25.7 Å². The zero-order chi connectivity index (χ0) is 7.07. The van der Waals surface area contributed by atoms with Gasteiger partial charge in [-0.3, -0.25) is 0 Å². The van der Waals surface area contributed by atoms with Gasteiger partial charge in [0.1, 0.15) is 0 Å². The molecule has 0 aromatic carbocycles. The van der Waals surface area contributed by atoms with E-state index in [0.717, 1.165) is 0 Å². The molecule has 1 aliphatic rings. The van der Waals surface area contributed by atoms with E-state index in [4.69, 9.17) is 0 Å². The second-order valence-electron chi connectivity index (χ2n) is 2.48. The van der Waals surface area contributed by atoms with E-state index in [1.807, 2.05) is 0 Å². The predicted octanol–water partition coefficient (Wildman–Crippen LogP) is 3.23. The predicted molar refractivity (Wildman–Crippen MR) is 45.9 cm³/mol. The van der Waals surface area contributed by atoms with E-state index in [9.17, 15) is 0 Å². The highest BCUT2D eigenvalue weighted by atomic mass is 13.9. The first-order valence-corrected chi connectivity index (χ1v) is 3.97. The van der Waals surface area contributed by atoms with Crippen LogP contribution in [0.3, 0.4) is 0 Å². The van der Waals surface area contributed by atoms with Crippen LogP contribution in [0.4, 0.5) is 0 Å². The molecule has 0 N–H and O–H groups in total. The molecule has 0 atom stereocenters. The standard InChI is InChI=1S/C10H14/c1-2-4-6-8-10-9-7-5-3-1/h1-4,9-10H,5-8H2/b3-1-,4-2+,10-9?. The summed E-state index contributed by atoms with van der Waals surface area (Å²) in [4.78, 5) is 0. The summed E-state index contributed by atoms with van der Waals surface area (Å²) in [6.45, 7) is 0. The van der Waals surface area contributed by atoms with Gasteiger partial charge in [-0.1, -0.05) is 36.5 Å². The molecule has 54 valence electrons. The minimum Gasteiger partial charge on any atom is -0.0882 e. The fourth-order valence-corrected chi connectivity index (χ4v) is 0.970. The molecule has 0 radical (unpaired) electrons. The minimum atomic E-state index is 1.18. The minimum absolute atomic E-state index is 1.18. The third-order valence-corrected chi connectivity index (χ3v) is 1.55. The summed E-state index contributed by atoms with van der Waals surface area (Å²) in [6, 6.07) is 0. The maximum Gasteiger partial charge on any atom is -0.0313 e. The topological polar surface area (TPSA) is 0 Å². The summed E-state index contributed by atoms with van der Waals surface area (Å²) in [5.74, 6) is 0. The average molecular weight is 134 g/mol. The third-order valence-electron chi connectivity index (χ3n) is 1.55. The molecular weight excluding hydrogens is 120 g/mol. The Morgan fingerprint density at radius 3 is 1.40 bits per heavy atom. The lowest BCUT2D eigenvalue weighted by Crippen LogP contribution is -1.69. The van der Waals surface area contributed by atoms with Gasteiger partial charge in [0.15, 0.2) is 0 Å². The van der Waals surface area contributed by atoms with Gasteiger partial charge in [0, 0.05) is 0 Å². The van der Waals surface area contributed by atoms with Crippen LogP contribution in [0.15, 0.2) is 36.5 Å². The van der Waals surface area contributed by atoms with Crippen molar-refractivity contribution in [3.8, 4) is 0 Å². The molecule has 0 spiro atoms. The van der Waals surface area contributed by atoms with Crippen LogP contribution in [0.1, 0.15) is 25.7 Å². The number of hydrogen-bond acceptors (Lipinski definition) is 0. The van der Waals surface area contributed by atoms with Gasteiger partial charge in [-0.15, -0.1) is 0 Å². The van der Waals surface area contributed by atoms with E-state index < -0.39 is 0 Å². The highest BCUT2D eigenvalue weighted by molar-refractivity contribution is 5.04. The summed E-state index contributed by atoms with van der Waals surface area (Å²) in [5, 5.41) is 0. The van der Waals surface area contributed by atoms with Gasteiger partial charge < -0.3 is 0 Å². The highest BCUT2D eigenvalue weighted by Gasteiger charge is 1.79. The first kappa shape index (κ1) is 7.33. The Balaban J connectivity index is 2.38. The van der Waals surface area contributed by atoms with Crippen molar-refractivity contribution in [2.24, 2.45) is 0 Å². The number of allylic oxidation sites excluding steroid dienone is 6. The molecule has 0 saturated carbocycles. The molecule has 0 heteroatoms. The second kappa shape index (κ2) is 5.04. The van der Waals surface area contributed by atoms with E-state index in [-0.39, 0.29) is 0 Å². The van der Waals surface area contributed by atoms with Crippen LogP contribution in [-0.2, 0) is 0 Å². The molecule has 1 aliphatic carbocycles. The molecular formula is C10H14. The van der Waals surface area contributed by atoms with Crippen molar-refractivity contribution in [3.63, 3.8) is 0 Å². The van der Waals surface area contributed by atoms with Crippen molar-refractivity contribution < 1.29 is 0 Å². The monoisotopic (exact) mass is 134 g/mol. The third kappa shape index (κ3) is 3.29. The Labute approximate surface area is 62.9 Å². The SMILES string of the molecule is C1=CCC/C=C/C=C\CC1. The van der Waals surface area contributed by atoms with Crippen molar-refractivity contribution in [1.82, 2.24) is 0 Å². The van der Waals surface area contributed by atoms with Crippen LogP contribution < -0.4 is 0 Å². The maximum atomic E-state index is 2.27. The van der Waals surface area contributed by atoms with Crippen molar-refractivity contribution >= 4 is 0 Å². The molecule has 0 aromatic rings. The van der Waals surface area contributed by atoms with E-state index in [0.29, 0.717) is 0 Å². The molecule has 10 heavy (non-hydrogen) atoms. The smallest absolute Gasteiger partial charge is 0.0313 e. The average Bonchev–Trinajstić information content (AvgIpc) is 2.01. The van der Waals surface area contributed by atoms with Gasteiger partial charge in [-0.25, -0.2) is 0 Å². The molecule has 0 fully saturated rings. The molecule has 0 bridgehead atoms. The molecule has 1 rings (SSSR count). The van der Waals surface area contributed by atoms with Crippen LogP contribution in [0.25, 0.3) is 0 Å². The fraction of sp³-hybridized carbons (Fsp3) is 0.400. The quantitative estimate of drug-likeness (QED) is 0.446. The first-order valence-electron chi connectivity index (χ1n) is 3.97. The molecule has 0 heterocycles. The normalized spacial score (nSPS) is 25.6. The Bertz CT molecular complexity index is 131. The second-order valence-corrected chi connectivity index (χ2v) is 2.48. The number of rotatable bonds is 0. The van der Waals surface area contributed by atoms with Crippen molar-refractivity contribution in [3.05, 3.63) is 36.5 Å². The van der Waals surface area contributed by atoms with E-state index in [1.165, 1.54) is 25.7 Å². The fourth-order valence-electron chi connectivity index (χ4n) is 0.970. The molecule has 0 saturated heterocycles.